The number of hydrogen-bond donors (Lipinski definition) is 3. The van der Waals surface area contributed by atoms with E-state index < -0.39 is 6.10 Å². The molecule has 0 amide bonds. The molecule has 0 aliphatic carbocycles. The molecule has 0 aliphatic heterocycles. The van der Waals surface area contributed by atoms with Crippen LogP contribution in [0.4, 0.5) is 5.69 Å². The molecule has 0 saturated heterocycles. The van der Waals surface area contributed by atoms with Crippen molar-refractivity contribution < 1.29 is 10.2 Å². The van der Waals surface area contributed by atoms with Crippen LogP contribution in [0.1, 0.15) is 5.56 Å². The molecule has 0 aromatic heterocycles. The molecule has 0 radical (unpaired) electrons. The third-order valence-corrected chi connectivity index (χ3v) is 3.28. The van der Waals surface area contributed by atoms with Gasteiger partial charge in [-0.05, 0) is 24.6 Å². The van der Waals surface area contributed by atoms with Gasteiger partial charge in [-0.1, -0.05) is 15.9 Å². The van der Waals surface area contributed by atoms with E-state index in [1.807, 2.05) is 6.92 Å². The Morgan fingerprint density at radius 3 is 2.80 bits per heavy atom. The molecular formula is C10H13BrClNO2. The Balaban J connectivity index is 2.80. The molecule has 0 spiro atoms. The number of alkyl halides is 1. The first kappa shape index (κ1) is 12.6. The van der Waals surface area contributed by atoms with Crippen molar-refractivity contribution in [2.75, 3.05) is 17.7 Å². The number of halogens is 2. The average Bonchev–Trinajstić information content (AvgIpc) is 2.23. The molecule has 0 fully saturated rings. The summed E-state index contributed by atoms with van der Waals surface area (Å²) in [5, 5.41) is 21.8. The third-order valence-electron chi connectivity index (χ3n) is 2.07. The van der Waals surface area contributed by atoms with Crippen LogP contribution in [0.2, 0.25) is 0 Å². The fourth-order valence-electron chi connectivity index (χ4n) is 1.17. The van der Waals surface area contributed by atoms with Crippen LogP contribution >= 0.6 is 27.5 Å². The lowest BCUT2D eigenvalue weighted by atomic mass is 10.2. The first-order valence-electron chi connectivity index (χ1n) is 4.52. The Morgan fingerprint density at radius 1 is 1.53 bits per heavy atom. The predicted molar refractivity (Wildman–Crippen MR) is 65.8 cm³/mol. The molecule has 0 aliphatic rings. The number of anilines is 1. The quantitative estimate of drug-likeness (QED) is 0.591. The Hall–Kier alpha value is -0.450. The molecule has 0 saturated carbocycles. The minimum atomic E-state index is -0.621. The highest BCUT2D eigenvalue weighted by Crippen LogP contribution is 2.32. The number of aromatic hydroxyl groups is 1. The maximum absolute atomic E-state index is 9.60. The van der Waals surface area contributed by atoms with Crippen LogP contribution in [0, 0.1) is 6.92 Å². The van der Waals surface area contributed by atoms with Crippen molar-refractivity contribution >= 4 is 33.2 Å². The molecule has 5 heteroatoms. The Kier molecular flexibility index (Phi) is 4.70. The van der Waals surface area contributed by atoms with Crippen molar-refractivity contribution in [2.45, 2.75) is 13.0 Å². The summed E-state index contributed by atoms with van der Waals surface area (Å²) in [5.41, 5.74) is 1.52. The van der Waals surface area contributed by atoms with E-state index in [4.69, 9.17) is 11.6 Å². The fraction of sp³-hybridized carbons (Fsp3) is 0.400. The monoisotopic (exact) mass is 293 g/mol. The van der Waals surface area contributed by atoms with Gasteiger partial charge in [-0.3, -0.25) is 0 Å². The number of benzene rings is 1. The highest BCUT2D eigenvalue weighted by atomic mass is 79.9. The molecule has 3 nitrogen and oxygen atoms in total. The van der Waals surface area contributed by atoms with E-state index in [0.717, 1.165) is 10.0 Å². The van der Waals surface area contributed by atoms with Crippen molar-refractivity contribution in [1.82, 2.24) is 0 Å². The second-order valence-corrected chi connectivity index (χ2v) is 4.42. The maximum atomic E-state index is 9.60. The number of aliphatic hydroxyl groups is 1. The summed E-state index contributed by atoms with van der Waals surface area (Å²) in [6.07, 6.45) is -0.621. The molecule has 1 atom stereocenters. The fourth-order valence-corrected chi connectivity index (χ4v) is 1.61. The molecule has 1 aromatic rings. The largest absolute Gasteiger partial charge is 0.506 e. The molecule has 15 heavy (non-hydrogen) atoms. The van der Waals surface area contributed by atoms with E-state index in [2.05, 4.69) is 21.2 Å². The smallest absolute Gasteiger partial charge is 0.139 e. The minimum absolute atomic E-state index is 0.164. The number of phenols is 1. The van der Waals surface area contributed by atoms with Crippen LogP contribution in [0.3, 0.4) is 0 Å². The second-order valence-electron chi connectivity index (χ2n) is 3.26. The normalized spacial score (nSPS) is 12.5. The highest BCUT2D eigenvalue weighted by Gasteiger charge is 2.09. The molecule has 1 unspecified atom stereocenters. The van der Waals surface area contributed by atoms with Crippen LogP contribution in [0.15, 0.2) is 16.6 Å². The summed E-state index contributed by atoms with van der Waals surface area (Å²) >= 11 is 8.83. The van der Waals surface area contributed by atoms with Crippen molar-refractivity contribution in [1.29, 1.82) is 0 Å². The van der Waals surface area contributed by atoms with Gasteiger partial charge in [-0.15, -0.1) is 11.6 Å². The molecule has 1 aromatic carbocycles. The SMILES string of the molecule is Cc1c(Br)ccc(O)c1NCC(O)CCl. The first-order chi connectivity index (χ1) is 7.06. The zero-order valence-electron chi connectivity index (χ0n) is 8.30. The Morgan fingerprint density at radius 2 is 2.20 bits per heavy atom. The standard InChI is InChI=1S/C10H13BrClNO2/c1-6-8(11)2-3-9(15)10(6)13-5-7(14)4-12/h2-3,7,13-15H,4-5H2,1H3. The van der Waals surface area contributed by atoms with E-state index in [-0.39, 0.29) is 11.6 Å². The molecule has 0 bridgehead atoms. The van der Waals surface area contributed by atoms with Gasteiger partial charge < -0.3 is 15.5 Å². The first-order valence-corrected chi connectivity index (χ1v) is 5.85. The zero-order valence-corrected chi connectivity index (χ0v) is 10.6. The zero-order chi connectivity index (χ0) is 11.4. The van der Waals surface area contributed by atoms with E-state index in [9.17, 15) is 10.2 Å². The highest BCUT2D eigenvalue weighted by molar-refractivity contribution is 9.10. The van der Waals surface area contributed by atoms with Crippen molar-refractivity contribution in [3.8, 4) is 5.75 Å². The number of nitrogens with one attached hydrogen (secondary N) is 1. The third kappa shape index (κ3) is 3.26. The molecule has 3 N–H and O–H groups in total. The van der Waals surface area contributed by atoms with Gasteiger partial charge in [-0.25, -0.2) is 0 Å². The van der Waals surface area contributed by atoms with E-state index >= 15 is 0 Å². The number of aliphatic hydroxyl groups excluding tert-OH is 1. The van der Waals surface area contributed by atoms with Crippen LogP contribution in [0.5, 0.6) is 5.75 Å². The van der Waals surface area contributed by atoms with E-state index in [1.165, 1.54) is 0 Å². The molecule has 0 heterocycles. The van der Waals surface area contributed by atoms with Gasteiger partial charge in [0.1, 0.15) is 5.75 Å². The molecule has 1 rings (SSSR count). The van der Waals surface area contributed by atoms with Gasteiger partial charge in [0.05, 0.1) is 17.7 Å². The number of phenolic OH excluding ortho intramolecular Hbond substituents is 1. The van der Waals surface area contributed by atoms with Gasteiger partial charge in [0.15, 0.2) is 0 Å². The molecular weight excluding hydrogens is 281 g/mol. The lowest BCUT2D eigenvalue weighted by molar-refractivity contribution is 0.211. The van der Waals surface area contributed by atoms with Crippen LogP contribution in [-0.4, -0.2) is 28.7 Å². The van der Waals surface area contributed by atoms with Crippen LogP contribution in [0.25, 0.3) is 0 Å². The van der Waals surface area contributed by atoms with E-state index in [1.54, 1.807) is 12.1 Å². The van der Waals surface area contributed by atoms with Gasteiger partial charge in [0, 0.05) is 11.0 Å². The van der Waals surface area contributed by atoms with Gasteiger partial charge >= 0.3 is 0 Å². The van der Waals surface area contributed by atoms with Crippen molar-refractivity contribution in [2.24, 2.45) is 0 Å². The summed E-state index contributed by atoms with van der Waals surface area (Å²) in [6.45, 7) is 2.19. The Labute approximate surface area is 102 Å². The van der Waals surface area contributed by atoms with Gasteiger partial charge in [-0.2, -0.15) is 0 Å². The maximum Gasteiger partial charge on any atom is 0.139 e. The molecule has 84 valence electrons. The summed E-state index contributed by atoms with van der Waals surface area (Å²) in [6, 6.07) is 3.36. The lowest BCUT2D eigenvalue weighted by Gasteiger charge is -2.14. The summed E-state index contributed by atoms with van der Waals surface area (Å²) in [5.74, 6) is 0.332. The lowest BCUT2D eigenvalue weighted by Crippen LogP contribution is -2.21. The topological polar surface area (TPSA) is 52.5 Å². The Bertz CT molecular complexity index is 346. The number of hydrogen-bond acceptors (Lipinski definition) is 3. The summed E-state index contributed by atoms with van der Waals surface area (Å²) in [4.78, 5) is 0. The van der Waals surface area contributed by atoms with Crippen LogP contribution in [-0.2, 0) is 0 Å². The van der Waals surface area contributed by atoms with E-state index in [0.29, 0.717) is 12.2 Å². The predicted octanol–water partition coefficient (Wildman–Crippen LogP) is 2.47. The van der Waals surface area contributed by atoms with Crippen molar-refractivity contribution in [3.05, 3.63) is 22.2 Å². The summed E-state index contributed by atoms with van der Waals surface area (Å²) in [7, 11) is 0. The van der Waals surface area contributed by atoms with Crippen molar-refractivity contribution in [3.63, 3.8) is 0 Å². The number of rotatable bonds is 4. The summed E-state index contributed by atoms with van der Waals surface area (Å²) < 4.78 is 0.906. The van der Waals surface area contributed by atoms with Gasteiger partial charge in [0.2, 0.25) is 0 Å². The average molecular weight is 295 g/mol. The van der Waals surface area contributed by atoms with Gasteiger partial charge in [0.25, 0.3) is 0 Å². The minimum Gasteiger partial charge on any atom is -0.506 e. The second kappa shape index (κ2) is 5.58. The van der Waals surface area contributed by atoms with Crippen LogP contribution < -0.4 is 5.32 Å².